The van der Waals surface area contributed by atoms with Crippen molar-refractivity contribution in [1.29, 1.82) is 0 Å². The van der Waals surface area contributed by atoms with Crippen LogP contribution in [0.15, 0.2) is 48.5 Å². The molecule has 1 heterocycles. The Labute approximate surface area is 198 Å². The van der Waals surface area contributed by atoms with Crippen molar-refractivity contribution in [2.45, 2.75) is 62.9 Å². The first-order valence-corrected chi connectivity index (χ1v) is 11.7. The van der Waals surface area contributed by atoms with Crippen LogP contribution in [0.2, 0.25) is 5.02 Å². The third-order valence-electron chi connectivity index (χ3n) is 6.44. The number of nitrogens with zero attached hydrogens (tertiary/aromatic N) is 1. The molecule has 0 spiro atoms. The summed E-state index contributed by atoms with van der Waals surface area (Å²) >= 11 is 6.08. The molecule has 33 heavy (non-hydrogen) atoms. The van der Waals surface area contributed by atoms with Crippen molar-refractivity contribution in [1.82, 2.24) is 10.2 Å². The number of aliphatic carboxylic acids is 1. The minimum Gasteiger partial charge on any atom is -0.488 e. The Bertz CT molecular complexity index is 1000. The lowest BCUT2D eigenvalue weighted by molar-refractivity contribution is -0.137. The Hall–Kier alpha value is -2.61. The first-order chi connectivity index (χ1) is 15.9. The van der Waals surface area contributed by atoms with Gasteiger partial charge in [0.1, 0.15) is 18.0 Å². The highest BCUT2D eigenvalue weighted by Crippen LogP contribution is 2.33. The van der Waals surface area contributed by atoms with Crippen LogP contribution in [0.3, 0.4) is 0 Å². The number of ether oxygens (including phenoxy) is 1. The van der Waals surface area contributed by atoms with Gasteiger partial charge in [0.05, 0.1) is 12.1 Å². The van der Waals surface area contributed by atoms with E-state index in [9.17, 15) is 14.7 Å². The standard InChI is InChI=1S/C25H29ClN2O5/c26-18-7-3-8-19(13-18)33-21-14-20(27-22(29)9-4-10-23(30)31)24(25(21)32)28-12-11-16-5-1-2-6-17(16)15-28/h1-3,5-8,13,20-21,24-25,32H,4,9-12,14-15H2,(H,27,29)(H,30,31)/t20-,21-,24+,25+/m1/s1. The van der Waals surface area contributed by atoms with Gasteiger partial charge in [-0.05, 0) is 42.2 Å². The topological polar surface area (TPSA) is 99.1 Å². The first-order valence-electron chi connectivity index (χ1n) is 11.3. The van der Waals surface area contributed by atoms with Crippen molar-refractivity contribution < 1.29 is 24.5 Å². The van der Waals surface area contributed by atoms with Gasteiger partial charge in [-0.1, -0.05) is 41.9 Å². The van der Waals surface area contributed by atoms with Crippen LogP contribution < -0.4 is 10.1 Å². The van der Waals surface area contributed by atoms with Gasteiger partial charge in [0, 0.05) is 37.4 Å². The number of amides is 1. The Balaban J connectivity index is 1.50. The van der Waals surface area contributed by atoms with Crippen molar-refractivity contribution in [3.63, 3.8) is 0 Å². The largest absolute Gasteiger partial charge is 0.488 e. The summed E-state index contributed by atoms with van der Waals surface area (Å²) in [6.45, 7) is 1.46. The molecule has 176 valence electrons. The molecule has 0 unspecified atom stereocenters. The third-order valence-corrected chi connectivity index (χ3v) is 6.67. The maximum absolute atomic E-state index is 12.6. The second-order valence-corrected chi connectivity index (χ2v) is 9.18. The van der Waals surface area contributed by atoms with Gasteiger partial charge in [-0.2, -0.15) is 0 Å². The number of rotatable bonds is 8. The molecule has 4 rings (SSSR count). The summed E-state index contributed by atoms with van der Waals surface area (Å²) in [7, 11) is 0. The molecule has 2 aromatic carbocycles. The lowest BCUT2D eigenvalue weighted by Gasteiger charge is -2.38. The number of hydrogen-bond acceptors (Lipinski definition) is 5. The van der Waals surface area contributed by atoms with Gasteiger partial charge in [-0.3, -0.25) is 14.5 Å². The fraction of sp³-hybridized carbons (Fsp3) is 0.440. The van der Waals surface area contributed by atoms with E-state index in [-0.39, 0.29) is 37.3 Å². The SMILES string of the molecule is O=C(O)CCCC(=O)N[C@@H]1C[C@@H](Oc2cccc(Cl)c2)[C@H](O)[C@H]1N1CCc2ccccc2C1. The Morgan fingerprint density at radius 1 is 1.12 bits per heavy atom. The number of fused-ring (bicyclic) bond motifs is 1. The maximum atomic E-state index is 12.6. The maximum Gasteiger partial charge on any atom is 0.303 e. The van der Waals surface area contributed by atoms with Crippen LogP contribution in [0.25, 0.3) is 0 Å². The van der Waals surface area contributed by atoms with E-state index in [1.54, 1.807) is 24.3 Å². The summed E-state index contributed by atoms with van der Waals surface area (Å²) in [5, 5.41) is 23.7. The van der Waals surface area contributed by atoms with Crippen molar-refractivity contribution in [3.8, 4) is 5.75 Å². The average Bonchev–Trinajstić information content (AvgIpc) is 3.07. The number of benzene rings is 2. The highest BCUT2D eigenvalue weighted by molar-refractivity contribution is 6.30. The highest BCUT2D eigenvalue weighted by Gasteiger charge is 2.47. The van der Waals surface area contributed by atoms with Crippen molar-refractivity contribution in [2.75, 3.05) is 6.54 Å². The number of carboxylic acids is 1. The van der Waals surface area contributed by atoms with Crippen LogP contribution >= 0.6 is 11.6 Å². The molecule has 1 aliphatic heterocycles. The Morgan fingerprint density at radius 2 is 1.91 bits per heavy atom. The van der Waals surface area contributed by atoms with Gasteiger partial charge >= 0.3 is 5.97 Å². The van der Waals surface area contributed by atoms with E-state index < -0.39 is 18.2 Å². The van der Waals surface area contributed by atoms with Crippen molar-refractivity contribution >= 4 is 23.5 Å². The van der Waals surface area contributed by atoms with Crippen LogP contribution in [0.1, 0.15) is 36.8 Å². The zero-order chi connectivity index (χ0) is 23.4. The smallest absolute Gasteiger partial charge is 0.303 e. The zero-order valence-corrected chi connectivity index (χ0v) is 19.1. The molecule has 1 aliphatic carbocycles. The molecule has 4 atom stereocenters. The van der Waals surface area contributed by atoms with Gasteiger partial charge in [0.2, 0.25) is 5.91 Å². The molecule has 3 N–H and O–H groups in total. The fourth-order valence-corrected chi connectivity index (χ4v) is 5.07. The first kappa shape index (κ1) is 23.5. The average molecular weight is 473 g/mol. The lowest BCUT2D eigenvalue weighted by atomic mass is 9.97. The predicted molar refractivity (Wildman–Crippen MR) is 124 cm³/mol. The Kier molecular flexibility index (Phi) is 7.53. The van der Waals surface area contributed by atoms with Crippen LogP contribution in [0.5, 0.6) is 5.75 Å². The third kappa shape index (κ3) is 5.85. The monoisotopic (exact) mass is 472 g/mol. The van der Waals surface area contributed by atoms with Crippen molar-refractivity contribution in [2.24, 2.45) is 0 Å². The number of carbonyl (C=O) groups excluding carboxylic acids is 1. The number of carboxylic acid groups (broad SMARTS) is 1. The number of nitrogens with one attached hydrogen (secondary N) is 1. The second kappa shape index (κ2) is 10.5. The van der Waals surface area contributed by atoms with E-state index in [1.165, 1.54) is 11.1 Å². The van der Waals surface area contributed by atoms with E-state index >= 15 is 0 Å². The van der Waals surface area contributed by atoms with E-state index in [4.69, 9.17) is 21.4 Å². The summed E-state index contributed by atoms with van der Waals surface area (Å²) < 4.78 is 6.09. The minimum atomic E-state index is -0.918. The molecule has 2 aromatic rings. The van der Waals surface area contributed by atoms with Gasteiger partial charge in [-0.25, -0.2) is 0 Å². The quantitative estimate of drug-likeness (QED) is 0.546. The van der Waals surface area contributed by atoms with Crippen LogP contribution in [0, 0.1) is 0 Å². The lowest BCUT2D eigenvalue weighted by Crippen LogP contribution is -2.54. The number of aliphatic hydroxyl groups is 1. The molecule has 0 aromatic heterocycles. The number of hydrogen-bond donors (Lipinski definition) is 3. The molecular formula is C25H29ClN2O5. The molecule has 0 bridgehead atoms. The highest BCUT2D eigenvalue weighted by atomic mass is 35.5. The van der Waals surface area contributed by atoms with Crippen LogP contribution in [0.4, 0.5) is 0 Å². The van der Waals surface area contributed by atoms with Gasteiger partial charge in [0.25, 0.3) is 0 Å². The van der Waals surface area contributed by atoms with E-state index in [2.05, 4.69) is 22.3 Å². The van der Waals surface area contributed by atoms with E-state index in [0.29, 0.717) is 23.7 Å². The normalized spacial score (nSPS) is 24.8. The van der Waals surface area contributed by atoms with Gasteiger partial charge in [-0.15, -0.1) is 0 Å². The molecule has 8 heteroatoms. The number of halogens is 1. The van der Waals surface area contributed by atoms with Crippen molar-refractivity contribution in [3.05, 3.63) is 64.7 Å². The van der Waals surface area contributed by atoms with E-state index in [0.717, 1.165) is 13.0 Å². The molecule has 2 aliphatic rings. The Morgan fingerprint density at radius 3 is 2.67 bits per heavy atom. The molecule has 0 radical (unpaired) electrons. The summed E-state index contributed by atoms with van der Waals surface area (Å²) in [5.74, 6) is -0.555. The van der Waals surface area contributed by atoms with E-state index in [1.807, 2.05) is 12.1 Å². The molecule has 7 nitrogen and oxygen atoms in total. The number of aliphatic hydroxyl groups excluding tert-OH is 1. The van der Waals surface area contributed by atoms with Crippen LogP contribution in [-0.4, -0.2) is 57.8 Å². The summed E-state index contributed by atoms with van der Waals surface area (Å²) in [6.07, 6.45) is 0.371. The summed E-state index contributed by atoms with van der Waals surface area (Å²) in [5.41, 5.74) is 2.53. The van der Waals surface area contributed by atoms with Gasteiger partial charge < -0.3 is 20.3 Å². The van der Waals surface area contributed by atoms with Gasteiger partial charge in [0.15, 0.2) is 0 Å². The molecule has 1 saturated carbocycles. The minimum absolute atomic E-state index is 0.0481. The molecule has 1 amide bonds. The summed E-state index contributed by atoms with van der Waals surface area (Å²) in [6, 6.07) is 14.7. The second-order valence-electron chi connectivity index (χ2n) is 8.74. The predicted octanol–water partition coefficient (Wildman–Crippen LogP) is 3.02. The zero-order valence-electron chi connectivity index (χ0n) is 18.3. The fourth-order valence-electron chi connectivity index (χ4n) is 4.89. The number of carbonyl (C=O) groups is 2. The molecule has 0 saturated heterocycles. The van der Waals surface area contributed by atoms with Crippen LogP contribution in [-0.2, 0) is 22.6 Å². The summed E-state index contributed by atoms with van der Waals surface area (Å²) in [4.78, 5) is 25.6. The molecule has 1 fully saturated rings. The molecular weight excluding hydrogens is 444 g/mol.